The summed E-state index contributed by atoms with van der Waals surface area (Å²) in [7, 11) is 3.60. The van der Waals surface area contributed by atoms with E-state index in [2.05, 4.69) is 23.3 Å². The molecule has 2 aromatic rings. The molecule has 0 radical (unpaired) electrons. The minimum absolute atomic E-state index is 0.297. The lowest BCUT2D eigenvalue weighted by Crippen LogP contribution is -2.12. The van der Waals surface area contributed by atoms with Crippen LogP contribution in [0.5, 0.6) is 11.5 Å². The predicted molar refractivity (Wildman–Crippen MR) is 83.8 cm³/mol. The Morgan fingerprint density at radius 3 is 2.71 bits per heavy atom. The fraction of sp³-hybridized carbons (Fsp3) is 0.353. The van der Waals surface area contributed by atoms with Gasteiger partial charge in [-0.25, -0.2) is 0 Å². The van der Waals surface area contributed by atoms with Crippen LogP contribution in [0.4, 0.5) is 0 Å². The van der Waals surface area contributed by atoms with E-state index in [9.17, 15) is 0 Å². The van der Waals surface area contributed by atoms with Crippen molar-refractivity contribution in [2.24, 2.45) is 0 Å². The molecule has 1 unspecified atom stereocenters. The lowest BCUT2D eigenvalue weighted by molar-refractivity contribution is 0.299. The van der Waals surface area contributed by atoms with Crippen molar-refractivity contribution in [1.82, 2.24) is 10.3 Å². The summed E-state index contributed by atoms with van der Waals surface area (Å²) in [4.78, 5) is 4.45. The lowest BCUT2D eigenvalue weighted by atomic mass is 10.1. The minimum atomic E-state index is 0.297. The summed E-state index contributed by atoms with van der Waals surface area (Å²) in [5, 5.41) is 3.22. The van der Waals surface area contributed by atoms with Gasteiger partial charge in [0.1, 0.15) is 18.1 Å². The second-order valence-electron chi connectivity index (χ2n) is 5.01. The van der Waals surface area contributed by atoms with Gasteiger partial charge in [-0.2, -0.15) is 0 Å². The first-order valence-corrected chi connectivity index (χ1v) is 7.04. The van der Waals surface area contributed by atoms with Crippen LogP contribution < -0.4 is 14.8 Å². The second kappa shape index (κ2) is 7.09. The normalized spacial score (nSPS) is 12.0. The number of nitrogens with zero attached hydrogens (tertiary/aromatic N) is 1. The van der Waals surface area contributed by atoms with E-state index in [-0.39, 0.29) is 0 Å². The number of pyridine rings is 1. The first kappa shape index (κ1) is 15.3. The summed E-state index contributed by atoms with van der Waals surface area (Å²) in [6.07, 6.45) is 0. The number of rotatable bonds is 6. The monoisotopic (exact) mass is 286 g/mol. The van der Waals surface area contributed by atoms with Crippen molar-refractivity contribution < 1.29 is 9.47 Å². The quantitative estimate of drug-likeness (QED) is 0.885. The first-order valence-electron chi connectivity index (χ1n) is 7.04. The Bertz CT molecular complexity index is 599. The van der Waals surface area contributed by atoms with E-state index in [4.69, 9.17) is 9.47 Å². The summed E-state index contributed by atoms with van der Waals surface area (Å²) in [6, 6.07) is 12.2. The highest BCUT2D eigenvalue weighted by atomic mass is 16.5. The molecule has 2 rings (SSSR count). The van der Waals surface area contributed by atoms with Crippen molar-refractivity contribution in [3.05, 3.63) is 53.3 Å². The highest BCUT2D eigenvalue weighted by Crippen LogP contribution is 2.20. The number of aryl methyl sites for hydroxylation is 1. The van der Waals surface area contributed by atoms with E-state index >= 15 is 0 Å². The third-order valence-corrected chi connectivity index (χ3v) is 3.39. The number of nitrogens with one attached hydrogen (secondary N) is 1. The van der Waals surface area contributed by atoms with Crippen molar-refractivity contribution in [2.75, 3.05) is 14.2 Å². The number of benzene rings is 1. The van der Waals surface area contributed by atoms with Gasteiger partial charge in [-0.15, -0.1) is 0 Å². The second-order valence-corrected chi connectivity index (χ2v) is 5.01. The molecule has 1 atom stereocenters. The molecular weight excluding hydrogens is 264 g/mol. The Morgan fingerprint density at radius 1 is 1.19 bits per heavy atom. The molecule has 0 fully saturated rings. The summed E-state index contributed by atoms with van der Waals surface area (Å²) in [5.41, 5.74) is 2.98. The zero-order chi connectivity index (χ0) is 15.2. The molecule has 1 aromatic heterocycles. The third-order valence-electron chi connectivity index (χ3n) is 3.39. The van der Waals surface area contributed by atoms with Gasteiger partial charge in [0.15, 0.2) is 0 Å². The van der Waals surface area contributed by atoms with Crippen molar-refractivity contribution in [1.29, 1.82) is 0 Å². The maximum atomic E-state index is 5.84. The van der Waals surface area contributed by atoms with Crippen molar-refractivity contribution in [3.8, 4) is 11.5 Å². The fourth-order valence-corrected chi connectivity index (χ4v) is 2.09. The molecule has 0 saturated carbocycles. The van der Waals surface area contributed by atoms with Gasteiger partial charge in [0, 0.05) is 23.9 Å². The molecule has 0 spiro atoms. The molecule has 4 nitrogen and oxygen atoms in total. The van der Waals surface area contributed by atoms with Crippen LogP contribution in [0.2, 0.25) is 0 Å². The van der Waals surface area contributed by atoms with Gasteiger partial charge < -0.3 is 14.8 Å². The summed E-state index contributed by atoms with van der Waals surface area (Å²) in [6.45, 7) is 4.49. The SMILES string of the molecule is CNC(C)c1cccc(OCc2cc(OC)cc(C)n2)c1. The Labute approximate surface area is 126 Å². The maximum Gasteiger partial charge on any atom is 0.130 e. The van der Waals surface area contributed by atoms with E-state index in [1.165, 1.54) is 5.56 Å². The van der Waals surface area contributed by atoms with E-state index in [1.807, 2.05) is 44.3 Å². The summed E-state index contributed by atoms with van der Waals surface area (Å²) in [5.74, 6) is 1.65. The molecule has 112 valence electrons. The number of ether oxygens (including phenoxy) is 2. The molecular formula is C17H22N2O2. The van der Waals surface area contributed by atoms with Gasteiger partial charge >= 0.3 is 0 Å². The summed E-state index contributed by atoms with van der Waals surface area (Å²) >= 11 is 0. The molecule has 0 aliphatic carbocycles. The van der Waals surface area contributed by atoms with Gasteiger partial charge in [-0.1, -0.05) is 12.1 Å². The first-order chi connectivity index (χ1) is 10.1. The molecule has 0 amide bonds. The average molecular weight is 286 g/mol. The van der Waals surface area contributed by atoms with Crippen LogP contribution in [0.15, 0.2) is 36.4 Å². The highest BCUT2D eigenvalue weighted by Gasteiger charge is 2.05. The molecule has 0 aliphatic rings. The number of aromatic nitrogens is 1. The zero-order valence-corrected chi connectivity index (χ0v) is 13.0. The molecule has 1 heterocycles. The van der Waals surface area contributed by atoms with Crippen LogP contribution in [-0.4, -0.2) is 19.1 Å². The molecule has 21 heavy (non-hydrogen) atoms. The third kappa shape index (κ3) is 4.20. The maximum absolute atomic E-state index is 5.84. The van der Waals surface area contributed by atoms with Crippen LogP contribution in [-0.2, 0) is 6.61 Å². The van der Waals surface area contributed by atoms with E-state index < -0.39 is 0 Å². The largest absolute Gasteiger partial charge is 0.497 e. The Morgan fingerprint density at radius 2 is 2.00 bits per heavy atom. The predicted octanol–water partition coefficient (Wildman–Crippen LogP) is 3.26. The van der Waals surface area contributed by atoms with E-state index in [0.29, 0.717) is 12.6 Å². The average Bonchev–Trinajstić information content (AvgIpc) is 2.51. The van der Waals surface area contributed by atoms with Crippen molar-refractivity contribution in [3.63, 3.8) is 0 Å². The topological polar surface area (TPSA) is 43.4 Å². The Kier molecular flexibility index (Phi) is 5.17. The molecule has 1 aromatic carbocycles. The van der Waals surface area contributed by atoms with Crippen LogP contribution in [0.1, 0.15) is 29.9 Å². The van der Waals surface area contributed by atoms with Crippen LogP contribution in [0, 0.1) is 6.92 Å². The Hall–Kier alpha value is -2.07. The van der Waals surface area contributed by atoms with Crippen LogP contribution in [0.3, 0.4) is 0 Å². The van der Waals surface area contributed by atoms with Gasteiger partial charge in [0.2, 0.25) is 0 Å². The molecule has 1 N–H and O–H groups in total. The Balaban J connectivity index is 2.07. The van der Waals surface area contributed by atoms with Crippen LogP contribution in [0.25, 0.3) is 0 Å². The zero-order valence-electron chi connectivity index (χ0n) is 13.0. The van der Waals surface area contributed by atoms with Crippen LogP contribution >= 0.6 is 0 Å². The lowest BCUT2D eigenvalue weighted by Gasteiger charge is -2.13. The summed E-state index contributed by atoms with van der Waals surface area (Å²) < 4.78 is 11.1. The smallest absolute Gasteiger partial charge is 0.130 e. The molecule has 0 saturated heterocycles. The molecule has 0 aliphatic heterocycles. The molecule has 0 bridgehead atoms. The van der Waals surface area contributed by atoms with E-state index in [1.54, 1.807) is 7.11 Å². The fourth-order valence-electron chi connectivity index (χ4n) is 2.09. The standard InChI is InChI=1S/C17H22N2O2/c1-12-8-17(20-4)10-15(19-12)11-21-16-7-5-6-14(9-16)13(2)18-3/h5-10,13,18H,11H2,1-4H3. The van der Waals surface area contributed by atoms with Gasteiger partial charge in [-0.05, 0) is 38.6 Å². The van der Waals surface area contributed by atoms with E-state index in [0.717, 1.165) is 22.9 Å². The minimum Gasteiger partial charge on any atom is -0.497 e. The number of hydrogen-bond donors (Lipinski definition) is 1. The van der Waals surface area contributed by atoms with Crippen molar-refractivity contribution >= 4 is 0 Å². The number of methoxy groups -OCH3 is 1. The molecule has 4 heteroatoms. The van der Waals surface area contributed by atoms with Gasteiger partial charge in [-0.3, -0.25) is 4.98 Å². The number of hydrogen-bond acceptors (Lipinski definition) is 4. The van der Waals surface area contributed by atoms with Gasteiger partial charge in [0.25, 0.3) is 0 Å². The highest BCUT2D eigenvalue weighted by molar-refractivity contribution is 5.31. The van der Waals surface area contributed by atoms with Crippen molar-refractivity contribution in [2.45, 2.75) is 26.5 Å². The van der Waals surface area contributed by atoms with Gasteiger partial charge in [0.05, 0.1) is 12.8 Å².